The molecule has 0 saturated heterocycles. The highest BCUT2D eigenvalue weighted by Crippen LogP contribution is 2.19. The van der Waals surface area contributed by atoms with E-state index in [9.17, 15) is 4.79 Å². The number of nitriles is 1. The zero-order valence-corrected chi connectivity index (χ0v) is 12.7. The van der Waals surface area contributed by atoms with Crippen molar-refractivity contribution in [3.05, 3.63) is 35.4 Å². The van der Waals surface area contributed by atoms with Crippen LogP contribution >= 0.6 is 11.8 Å². The van der Waals surface area contributed by atoms with Gasteiger partial charge in [0.2, 0.25) is 5.91 Å². The number of benzene rings is 1. The number of thioether (sulfide) groups is 1. The van der Waals surface area contributed by atoms with Gasteiger partial charge in [0.1, 0.15) is 0 Å². The maximum atomic E-state index is 11.9. The first kappa shape index (κ1) is 15.6. The van der Waals surface area contributed by atoms with Crippen LogP contribution in [0.15, 0.2) is 24.3 Å². The number of carbonyl (C=O) groups is 1. The fourth-order valence-electron chi connectivity index (χ4n) is 1.44. The van der Waals surface area contributed by atoms with Crippen LogP contribution in [0.5, 0.6) is 0 Å². The van der Waals surface area contributed by atoms with E-state index < -0.39 is 0 Å². The highest BCUT2D eigenvalue weighted by Gasteiger charge is 2.19. The first-order valence-electron chi connectivity index (χ1n) is 6.24. The Hall–Kier alpha value is -1.47. The van der Waals surface area contributed by atoms with Crippen molar-refractivity contribution < 1.29 is 4.79 Å². The van der Waals surface area contributed by atoms with Crippen molar-refractivity contribution in [1.82, 2.24) is 5.32 Å². The van der Waals surface area contributed by atoms with Gasteiger partial charge in [0.15, 0.2) is 0 Å². The fraction of sp³-hybridized carbons (Fsp3) is 0.467. The molecule has 0 aliphatic heterocycles. The lowest BCUT2D eigenvalue weighted by molar-refractivity contribution is -0.121. The summed E-state index contributed by atoms with van der Waals surface area (Å²) in [5.41, 5.74) is 1.59. The molecule has 19 heavy (non-hydrogen) atoms. The molecule has 102 valence electrons. The Bertz CT molecular complexity index is 468. The van der Waals surface area contributed by atoms with Gasteiger partial charge in [-0.15, -0.1) is 11.8 Å². The minimum Gasteiger partial charge on any atom is -0.351 e. The smallest absolute Gasteiger partial charge is 0.233 e. The van der Waals surface area contributed by atoms with E-state index in [0.29, 0.717) is 5.56 Å². The lowest BCUT2D eigenvalue weighted by atomic mass is 10.1. The molecule has 1 amide bonds. The molecular formula is C15H20N2OS. The molecule has 0 heterocycles. The van der Waals surface area contributed by atoms with Crippen molar-refractivity contribution in [2.45, 2.75) is 44.2 Å². The molecule has 0 aliphatic carbocycles. The fourth-order valence-corrected chi connectivity index (χ4v) is 2.29. The quantitative estimate of drug-likeness (QED) is 0.919. The van der Waals surface area contributed by atoms with E-state index in [2.05, 4.69) is 11.4 Å². The van der Waals surface area contributed by atoms with E-state index in [-0.39, 0.29) is 16.7 Å². The summed E-state index contributed by atoms with van der Waals surface area (Å²) in [5.74, 6) is 0.830. The van der Waals surface area contributed by atoms with Crippen LogP contribution in [0.4, 0.5) is 0 Å². The van der Waals surface area contributed by atoms with Crippen LogP contribution in [0.25, 0.3) is 0 Å². The summed E-state index contributed by atoms with van der Waals surface area (Å²) >= 11 is 1.60. The van der Waals surface area contributed by atoms with E-state index in [1.807, 2.05) is 39.8 Å². The first-order chi connectivity index (χ1) is 8.81. The van der Waals surface area contributed by atoms with Gasteiger partial charge in [0.05, 0.1) is 16.9 Å². The Morgan fingerprint density at radius 3 is 2.42 bits per heavy atom. The van der Waals surface area contributed by atoms with Crippen LogP contribution in [-0.4, -0.2) is 16.7 Å². The molecule has 1 atom stereocenters. The monoisotopic (exact) mass is 276 g/mol. The van der Waals surface area contributed by atoms with Gasteiger partial charge in [-0.3, -0.25) is 4.79 Å². The molecule has 1 aromatic carbocycles. The van der Waals surface area contributed by atoms with Gasteiger partial charge in [-0.1, -0.05) is 12.1 Å². The van der Waals surface area contributed by atoms with Crippen molar-refractivity contribution in [3.63, 3.8) is 0 Å². The molecule has 4 heteroatoms. The SMILES string of the molecule is C[C@H](SCc1ccc(C#N)cc1)C(=O)NC(C)(C)C. The summed E-state index contributed by atoms with van der Waals surface area (Å²) < 4.78 is 0. The van der Waals surface area contributed by atoms with Gasteiger partial charge in [0, 0.05) is 11.3 Å². The van der Waals surface area contributed by atoms with E-state index in [1.165, 1.54) is 0 Å². The summed E-state index contributed by atoms with van der Waals surface area (Å²) in [6, 6.07) is 9.56. The molecule has 0 unspecified atom stereocenters. The zero-order valence-electron chi connectivity index (χ0n) is 11.9. The Labute approximate surface area is 119 Å². The molecule has 0 bridgehead atoms. The Balaban J connectivity index is 2.47. The highest BCUT2D eigenvalue weighted by atomic mass is 32.2. The third-order valence-corrected chi connectivity index (χ3v) is 3.66. The van der Waals surface area contributed by atoms with Crippen LogP contribution in [0.1, 0.15) is 38.8 Å². The van der Waals surface area contributed by atoms with Crippen molar-refractivity contribution in [1.29, 1.82) is 5.26 Å². The summed E-state index contributed by atoms with van der Waals surface area (Å²) in [5, 5.41) is 11.6. The van der Waals surface area contributed by atoms with Crippen LogP contribution in [-0.2, 0) is 10.5 Å². The molecule has 3 nitrogen and oxygen atoms in total. The third-order valence-electron chi connectivity index (χ3n) is 2.45. The number of nitrogens with zero attached hydrogens (tertiary/aromatic N) is 1. The van der Waals surface area contributed by atoms with Gasteiger partial charge in [0.25, 0.3) is 0 Å². The molecule has 0 spiro atoms. The van der Waals surface area contributed by atoms with Crippen LogP contribution < -0.4 is 5.32 Å². The van der Waals surface area contributed by atoms with Gasteiger partial charge in [-0.25, -0.2) is 0 Å². The average molecular weight is 276 g/mol. The number of hydrogen-bond donors (Lipinski definition) is 1. The van der Waals surface area contributed by atoms with Gasteiger partial charge < -0.3 is 5.32 Å². The standard InChI is InChI=1S/C15H20N2OS/c1-11(14(18)17-15(2,3)4)19-10-13-7-5-12(9-16)6-8-13/h5-8,11H,10H2,1-4H3,(H,17,18)/t11-/m0/s1. The molecular weight excluding hydrogens is 256 g/mol. The maximum Gasteiger partial charge on any atom is 0.233 e. The minimum absolute atomic E-state index is 0.0612. The minimum atomic E-state index is -0.194. The summed E-state index contributed by atoms with van der Waals surface area (Å²) in [7, 11) is 0. The van der Waals surface area contributed by atoms with E-state index in [1.54, 1.807) is 23.9 Å². The lowest BCUT2D eigenvalue weighted by Gasteiger charge is -2.23. The number of nitrogens with one attached hydrogen (secondary N) is 1. The summed E-state index contributed by atoms with van der Waals surface area (Å²) in [6.45, 7) is 7.84. The molecule has 0 fully saturated rings. The molecule has 1 aromatic rings. The second-order valence-electron chi connectivity index (χ2n) is 5.50. The largest absolute Gasteiger partial charge is 0.351 e. The lowest BCUT2D eigenvalue weighted by Crippen LogP contribution is -2.44. The van der Waals surface area contributed by atoms with Gasteiger partial charge >= 0.3 is 0 Å². The van der Waals surface area contributed by atoms with E-state index in [0.717, 1.165) is 11.3 Å². The average Bonchev–Trinajstić information content (AvgIpc) is 2.34. The molecule has 0 saturated carbocycles. The molecule has 0 radical (unpaired) electrons. The normalized spacial score (nSPS) is 12.6. The molecule has 1 rings (SSSR count). The first-order valence-corrected chi connectivity index (χ1v) is 7.29. The predicted octanol–water partition coefficient (Wildman–Crippen LogP) is 3.09. The van der Waals surface area contributed by atoms with Crippen molar-refractivity contribution >= 4 is 17.7 Å². The number of amides is 1. The highest BCUT2D eigenvalue weighted by molar-refractivity contribution is 7.99. The molecule has 0 aromatic heterocycles. The van der Waals surface area contributed by atoms with Crippen molar-refractivity contribution in [2.75, 3.05) is 0 Å². The second-order valence-corrected chi connectivity index (χ2v) is 6.83. The summed E-state index contributed by atoms with van der Waals surface area (Å²) in [4.78, 5) is 11.9. The van der Waals surface area contributed by atoms with Gasteiger partial charge in [-0.2, -0.15) is 5.26 Å². The number of hydrogen-bond acceptors (Lipinski definition) is 3. The van der Waals surface area contributed by atoms with Crippen molar-refractivity contribution in [2.24, 2.45) is 0 Å². The van der Waals surface area contributed by atoms with Crippen LogP contribution in [0.3, 0.4) is 0 Å². The van der Waals surface area contributed by atoms with Crippen LogP contribution in [0.2, 0.25) is 0 Å². The third kappa shape index (κ3) is 5.80. The van der Waals surface area contributed by atoms with Crippen LogP contribution in [0, 0.1) is 11.3 Å². The maximum absolute atomic E-state index is 11.9. The summed E-state index contributed by atoms with van der Waals surface area (Å²) in [6.07, 6.45) is 0. The zero-order chi connectivity index (χ0) is 14.5. The topological polar surface area (TPSA) is 52.9 Å². The second kappa shape index (κ2) is 6.63. The van der Waals surface area contributed by atoms with E-state index >= 15 is 0 Å². The Kier molecular flexibility index (Phi) is 5.44. The molecule has 1 N–H and O–H groups in total. The van der Waals surface area contributed by atoms with Crippen molar-refractivity contribution in [3.8, 4) is 6.07 Å². The molecule has 0 aliphatic rings. The predicted molar refractivity (Wildman–Crippen MR) is 79.8 cm³/mol. The Morgan fingerprint density at radius 2 is 1.95 bits per heavy atom. The van der Waals surface area contributed by atoms with Gasteiger partial charge in [-0.05, 0) is 45.4 Å². The number of carbonyl (C=O) groups excluding carboxylic acids is 1. The Morgan fingerprint density at radius 1 is 1.37 bits per heavy atom. The number of rotatable bonds is 4. The van der Waals surface area contributed by atoms with E-state index in [4.69, 9.17) is 5.26 Å².